The van der Waals surface area contributed by atoms with Crippen LogP contribution in [0.15, 0.2) is 12.3 Å². The SMILES string of the molecule is CCCCCCCCCCCCCCCC/C=C\OC[C@H](O)CO. The predicted octanol–water partition coefficient (Wildman–Crippen LogP) is 5.74. The van der Waals surface area contributed by atoms with E-state index in [9.17, 15) is 0 Å². The number of hydrogen-bond acceptors (Lipinski definition) is 3. The van der Waals surface area contributed by atoms with E-state index in [4.69, 9.17) is 14.9 Å². The zero-order chi connectivity index (χ0) is 17.7. The Bertz CT molecular complexity index is 253. The Morgan fingerprint density at radius 1 is 0.750 bits per heavy atom. The highest BCUT2D eigenvalue weighted by molar-refractivity contribution is 4.73. The van der Waals surface area contributed by atoms with E-state index in [1.54, 1.807) is 6.26 Å². The van der Waals surface area contributed by atoms with Gasteiger partial charge in [-0.2, -0.15) is 0 Å². The average Bonchev–Trinajstić information content (AvgIpc) is 2.60. The van der Waals surface area contributed by atoms with E-state index in [-0.39, 0.29) is 13.2 Å². The lowest BCUT2D eigenvalue weighted by atomic mass is 10.0. The topological polar surface area (TPSA) is 49.7 Å². The highest BCUT2D eigenvalue weighted by Crippen LogP contribution is 2.13. The van der Waals surface area contributed by atoms with Gasteiger partial charge in [-0.1, -0.05) is 90.4 Å². The molecule has 0 aliphatic carbocycles. The van der Waals surface area contributed by atoms with Crippen LogP contribution in [0.3, 0.4) is 0 Å². The minimum absolute atomic E-state index is 0.172. The molecular weight excluding hydrogens is 300 g/mol. The molecule has 0 aromatic carbocycles. The largest absolute Gasteiger partial charge is 0.499 e. The molecule has 0 radical (unpaired) electrons. The van der Waals surface area contributed by atoms with Crippen molar-refractivity contribution in [2.24, 2.45) is 0 Å². The molecule has 0 saturated carbocycles. The first-order valence-electron chi connectivity index (χ1n) is 10.4. The second kappa shape index (κ2) is 20.5. The molecule has 0 unspecified atom stereocenters. The molecule has 0 aromatic heterocycles. The fourth-order valence-electron chi connectivity index (χ4n) is 2.81. The molecule has 0 bridgehead atoms. The molecule has 2 N–H and O–H groups in total. The Kier molecular flexibility index (Phi) is 20.0. The second-order valence-corrected chi connectivity index (χ2v) is 6.93. The van der Waals surface area contributed by atoms with Gasteiger partial charge >= 0.3 is 0 Å². The van der Waals surface area contributed by atoms with Gasteiger partial charge in [0.25, 0.3) is 0 Å². The van der Waals surface area contributed by atoms with Crippen molar-refractivity contribution in [1.29, 1.82) is 0 Å². The minimum Gasteiger partial charge on any atom is -0.499 e. The van der Waals surface area contributed by atoms with Crippen molar-refractivity contribution in [3.05, 3.63) is 12.3 Å². The Hall–Kier alpha value is -0.540. The summed E-state index contributed by atoms with van der Waals surface area (Å²) in [5.74, 6) is 0. The summed E-state index contributed by atoms with van der Waals surface area (Å²) in [4.78, 5) is 0. The van der Waals surface area contributed by atoms with Gasteiger partial charge in [-0.3, -0.25) is 0 Å². The van der Waals surface area contributed by atoms with Crippen LogP contribution in [0.4, 0.5) is 0 Å². The van der Waals surface area contributed by atoms with Gasteiger partial charge in [0.15, 0.2) is 0 Å². The molecule has 0 aliphatic rings. The summed E-state index contributed by atoms with van der Waals surface area (Å²) < 4.78 is 5.11. The third-order valence-electron chi connectivity index (χ3n) is 4.42. The van der Waals surface area contributed by atoms with E-state index in [0.717, 1.165) is 6.42 Å². The quantitative estimate of drug-likeness (QED) is 0.232. The monoisotopic (exact) mass is 342 g/mol. The molecule has 0 spiro atoms. The maximum Gasteiger partial charge on any atom is 0.115 e. The highest BCUT2D eigenvalue weighted by atomic mass is 16.5. The van der Waals surface area contributed by atoms with Gasteiger partial charge < -0.3 is 14.9 Å². The predicted molar refractivity (Wildman–Crippen MR) is 103 cm³/mol. The third-order valence-corrected chi connectivity index (χ3v) is 4.42. The summed E-state index contributed by atoms with van der Waals surface area (Å²) in [6, 6.07) is 0. The Balaban J connectivity index is 3.06. The van der Waals surface area contributed by atoms with Crippen LogP contribution < -0.4 is 0 Å². The van der Waals surface area contributed by atoms with E-state index in [2.05, 4.69) is 6.92 Å². The summed E-state index contributed by atoms with van der Waals surface area (Å²) in [5, 5.41) is 17.7. The molecular formula is C21H42O3. The first kappa shape index (κ1) is 23.5. The van der Waals surface area contributed by atoms with E-state index in [0.29, 0.717) is 0 Å². The number of unbranched alkanes of at least 4 members (excludes halogenated alkanes) is 14. The van der Waals surface area contributed by atoms with E-state index in [1.165, 1.54) is 89.9 Å². The van der Waals surface area contributed by atoms with Gasteiger partial charge in [0, 0.05) is 0 Å². The number of rotatable bonds is 19. The van der Waals surface area contributed by atoms with Crippen LogP contribution in [0, 0.1) is 0 Å². The summed E-state index contributed by atoms with van der Waals surface area (Å²) >= 11 is 0. The molecule has 0 aliphatic heterocycles. The summed E-state index contributed by atoms with van der Waals surface area (Å²) in [7, 11) is 0. The van der Waals surface area contributed by atoms with Crippen molar-refractivity contribution in [1.82, 2.24) is 0 Å². The molecule has 0 fully saturated rings. The number of hydrogen-bond donors (Lipinski definition) is 2. The van der Waals surface area contributed by atoms with Crippen molar-refractivity contribution in [3.8, 4) is 0 Å². The molecule has 3 heteroatoms. The van der Waals surface area contributed by atoms with Crippen LogP contribution in [-0.4, -0.2) is 29.5 Å². The molecule has 3 nitrogen and oxygen atoms in total. The molecule has 0 saturated heterocycles. The lowest BCUT2D eigenvalue weighted by Crippen LogP contribution is -2.17. The number of aliphatic hydroxyl groups is 2. The normalized spacial score (nSPS) is 12.8. The molecule has 0 aromatic rings. The summed E-state index contributed by atoms with van der Waals surface area (Å²) in [5.41, 5.74) is 0. The molecule has 144 valence electrons. The van der Waals surface area contributed by atoms with E-state index in [1.807, 2.05) is 6.08 Å². The molecule has 1 atom stereocenters. The summed E-state index contributed by atoms with van der Waals surface area (Å²) in [6.45, 7) is 2.21. The van der Waals surface area contributed by atoms with Crippen molar-refractivity contribution in [2.45, 2.75) is 109 Å². The van der Waals surface area contributed by atoms with Gasteiger partial charge in [0.05, 0.1) is 12.9 Å². The average molecular weight is 343 g/mol. The van der Waals surface area contributed by atoms with Gasteiger partial charge in [-0.05, 0) is 18.9 Å². The van der Waals surface area contributed by atoms with Gasteiger partial charge in [0.2, 0.25) is 0 Å². The Labute approximate surface area is 150 Å². The van der Waals surface area contributed by atoms with E-state index < -0.39 is 6.10 Å². The molecule has 24 heavy (non-hydrogen) atoms. The van der Waals surface area contributed by atoms with Crippen LogP contribution >= 0.6 is 0 Å². The van der Waals surface area contributed by atoms with Gasteiger partial charge in [-0.15, -0.1) is 0 Å². The second-order valence-electron chi connectivity index (χ2n) is 6.93. The number of aliphatic hydroxyl groups excluding tert-OH is 2. The lowest BCUT2D eigenvalue weighted by molar-refractivity contribution is 0.0383. The maximum atomic E-state index is 9.08. The van der Waals surface area contributed by atoms with Crippen molar-refractivity contribution in [3.63, 3.8) is 0 Å². The fraction of sp³-hybridized carbons (Fsp3) is 0.905. The first-order chi connectivity index (χ1) is 11.8. The van der Waals surface area contributed by atoms with Crippen LogP contribution in [0.25, 0.3) is 0 Å². The highest BCUT2D eigenvalue weighted by Gasteiger charge is 1.98. The fourth-order valence-corrected chi connectivity index (χ4v) is 2.81. The molecule has 0 heterocycles. The summed E-state index contributed by atoms with van der Waals surface area (Å²) in [6.07, 6.45) is 23.3. The zero-order valence-corrected chi connectivity index (χ0v) is 16.1. The van der Waals surface area contributed by atoms with Crippen molar-refractivity contribution < 1.29 is 14.9 Å². The Morgan fingerprint density at radius 2 is 1.21 bits per heavy atom. The van der Waals surface area contributed by atoms with E-state index >= 15 is 0 Å². The zero-order valence-electron chi connectivity index (χ0n) is 16.1. The standard InChI is InChI=1S/C21H42O3/c1-2-3-4-5-6-7-8-9-10-11-12-13-14-15-16-17-18-24-20-21(23)19-22/h17-18,21-23H,2-16,19-20H2,1H3/b18-17-/t21-/m1/s1. The first-order valence-corrected chi connectivity index (χ1v) is 10.4. The van der Waals surface area contributed by atoms with Crippen LogP contribution in [-0.2, 0) is 4.74 Å². The van der Waals surface area contributed by atoms with Crippen molar-refractivity contribution >= 4 is 0 Å². The Morgan fingerprint density at radius 3 is 1.67 bits per heavy atom. The molecule has 0 amide bonds. The maximum absolute atomic E-state index is 9.08. The van der Waals surface area contributed by atoms with Crippen LogP contribution in [0.1, 0.15) is 103 Å². The molecule has 0 rings (SSSR count). The number of ether oxygens (including phenoxy) is 1. The van der Waals surface area contributed by atoms with Gasteiger partial charge in [-0.25, -0.2) is 0 Å². The van der Waals surface area contributed by atoms with Crippen molar-refractivity contribution in [2.75, 3.05) is 13.2 Å². The van der Waals surface area contributed by atoms with Gasteiger partial charge in [0.1, 0.15) is 12.7 Å². The number of allylic oxidation sites excluding steroid dienone is 1. The smallest absolute Gasteiger partial charge is 0.115 e. The third kappa shape index (κ3) is 19.5. The van der Waals surface area contributed by atoms with Crippen LogP contribution in [0.5, 0.6) is 0 Å². The van der Waals surface area contributed by atoms with Crippen LogP contribution in [0.2, 0.25) is 0 Å². The minimum atomic E-state index is -0.768. The lowest BCUT2D eigenvalue weighted by Gasteiger charge is -2.05.